The predicted molar refractivity (Wildman–Crippen MR) is 79.9 cm³/mol. The molecule has 0 unspecified atom stereocenters. The molecule has 0 aliphatic heterocycles. The van der Waals surface area contributed by atoms with E-state index in [-0.39, 0.29) is 5.41 Å². The number of phenolic OH excluding ortho intramolecular Hbond substituents is 1. The van der Waals surface area contributed by atoms with Gasteiger partial charge in [0.25, 0.3) is 0 Å². The minimum atomic E-state index is -0.0601. The van der Waals surface area contributed by atoms with Crippen LogP contribution in [0.2, 0.25) is 0 Å². The van der Waals surface area contributed by atoms with Gasteiger partial charge in [0.15, 0.2) is 0 Å². The lowest BCUT2D eigenvalue weighted by Gasteiger charge is -2.21. The Morgan fingerprint density at radius 2 is 1.44 bits per heavy atom. The van der Waals surface area contributed by atoms with Crippen LogP contribution in [0.4, 0.5) is 0 Å². The maximum atomic E-state index is 9.95. The molecule has 0 atom stereocenters. The van der Waals surface area contributed by atoms with Gasteiger partial charge >= 0.3 is 0 Å². The van der Waals surface area contributed by atoms with Crippen molar-refractivity contribution >= 4 is 15.9 Å². The maximum absolute atomic E-state index is 9.95. The van der Waals surface area contributed by atoms with Gasteiger partial charge in [-0.05, 0) is 46.4 Å². The van der Waals surface area contributed by atoms with Crippen LogP contribution >= 0.6 is 15.9 Å². The molecule has 0 heterocycles. The SMILES string of the molecule is CC(C)(C)c1cc(-c2ccc(Br)cc2)ccc1O. The molecule has 0 radical (unpaired) electrons. The molecule has 1 nitrogen and oxygen atoms in total. The molecular weight excluding hydrogens is 288 g/mol. The van der Waals surface area contributed by atoms with Crippen molar-refractivity contribution in [1.29, 1.82) is 0 Å². The number of hydrogen-bond donors (Lipinski definition) is 1. The predicted octanol–water partition coefficient (Wildman–Crippen LogP) is 5.12. The number of hydrogen-bond acceptors (Lipinski definition) is 1. The maximum Gasteiger partial charge on any atom is 0.119 e. The lowest BCUT2D eigenvalue weighted by molar-refractivity contribution is 0.447. The van der Waals surface area contributed by atoms with E-state index < -0.39 is 0 Å². The first-order valence-electron chi connectivity index (χ1n) is 5.97. The summed E-state index contributed by atoms with van der Waals surface area (Å²) in [5, 5.41) is 9.95. The highest BCUT2D eigenvalue weighted by molar-refractivity contribution is 9.10. The van der Waals surface area contributed by atoms with Gasteiger partial charge in [-0.1, -0.05) is 54.9 Å². The number of rotatable bonds is 1. The molecule has 2 rings (SSSR count). The second kappa shape index (κ2) is 4.77. The largest absolute Gasteiger partial charge is 0.508 e. The summed E-state index contributed by atoms with van der Waals surface area (Å²) in [6.07, 6.45) is 0. The van der Waals surface area contributed by atoms with Crippen LogP contribution in [0.25, 0.3) is 11.1 Å². The minimum absolute atomic E-state index is 0.0601. The Morgan fingerprint density at radius 3 is 2.00 bits per heavy atom. The van der Waals surface area contributed by atoms with Crippen LogP contribution in [0.3, 0.4) is 0 Å². The van der Waals surface area contributed by atoms with E-state index in [4.69, 9.17) is 0 Å². The highest BCUT2D eigenvalue weighted by Gasteiger charge is 2.18. The van der Waals surface area contributed by atoms with E-state index in [1.165, 1.54) is 0 Å². The smallest absolute Gasteiger partial charge is 0.119 e. The van der Waals surface area contributed by atoms with Crippen molar-refractivity contribution < 1.29 is 5.11 Å². The molecular formula is C16H17BrO. The monoisotopic (exact) mass is 304 g/mol. The topological polar surface area (TPSA) is 20.2 Å². The van der Waals surface area contributed by atoms with E-state index in [2.05, 4.69) is 54.9 Å². The average Bonchev–Trinajstić information content (AvgIpc) is 2.29. The van der Waals surface area contributed by atoms with Crippen molar-refractivity contribution in [3.8, 4) is 16.9 Å². The number of benzene rings is 2. The van der Waals surface area contributed by atoms with Crippen molar-refractivity contribution in [2.45, 2.75) is 26.2 Å². The Labute approximate surface area is 117 Å². The third kappa shape index (κ3) is 2.75. The van der Waals surface area contributed by atoms with E-state index in [1.54, 1.807) is 6.07 Å². The summed E-state index contributed by atoms with van der Waals surface area (Å²) in [7, 11) is 0. The third-order valence-corrected chi connectivity index (χ3v) is 3.51. The zero-order valence-electron chi connectivity index (χ0n) is 10.9. The second-order valence-electron chi connectivity index (χ2n) is 5.49. The standard InChI is InChI=1S/C16H17BrO/c1-16(2,3)14-10-12(6-9-15(14)18)11-4-7-13(17)8-5-11/h4-10,18H,1-3H3. The lowest BCUT2D eigenvalue weighted by atomic mass is 9.84. The van der Waals surface area contributed by atoms with Crippen LogP contribution in [-0.2, 0) is 5.41 Å². The molecule has 94 valence electrons. The van der Waals surface area contributed by atoms with Crippen LogP contribution in [0, 0.1) is 0 Å². The number of phenols is 1. The Kier molecular flexibility index (Phi) is 3.49. The fraction of sp³-hybridized carbons (Fsp3) is 0.250. The molecule has 0 fully saturated rings. The molecule has 2 heteroatoms. The van der Waals surface area contributed by atoms with Gasteiger partial charge in [-0.25, -0.2) is 0 Å². The Bertz CT molecular complexity index is 550. The van der Waals surface area contributed by atoms with Gasteiger partial charge in [-0.15, -0.1) is 0 Å². The minimum Gasteiger partial charge on any atom is -0.508 e. The average molecular weight is 305 g/mol. The zero-order chi connectivity index (χ0) is 13.3. The summed E-state index contributed by atoms with van der Waals surface area (Å²) < 4.78 is 1.07. The molecule has 0 aromatic heterocycles. The first-order valence-corrected chi connectivity index (χ1v) is 6.76. The van der Waals surface area contributed by atoms with Crippen molar-refractivity contribution in [3.05, 3.63) is 52.5 Å². The first kappa shape index (κ1) is 13.2. The summed E-state index contributed by atoms with van der Waals surface area (Å²) in [4.78, 5) is 0. The molecule has 2 aromatic rings. The molecule has 0 spiro atoms. The van der Waals surface area contributed by atoms with Crippen molar-refractivity contribution in [1.82, 2.24) is 0 Å². The quantitative estimate of drug-likeness (QED) is 0.775. The van der Waals surface area contributed by atoms with E-state index in [9.17, 15) is 5.11 Å². The van der Waals surface area contributed by atoms with Gasteiger partial charge in [-0.2, -0.15) is 0 Å². The second-order valence-corrected chi connectivity index (χ2v) is 6.40. The molecule has 0 saturated heterocycles. The number of halogens is 1. The highest BCUT2D eigenvalue weighted by atomic mass is 79.9. The summed E-state index contributed by atoms with van der Waals surface area (Å²) in [6, 6.07) is 14.0. The van der Waals surface area contributed by atoms with Crippen molar-refractivity contribution in [2.24, 2.45) is 0 Å². The fourth-order valence-electron chi connectivity index (χ4n) is 1.96. The van der Waals surface area contributed by atoms with Gasteiger partial charge < -0.3 is 5.11 Å². The van der Waals surface area contributed by atoms with Gasteiger partial charge in [-0.3, -0.25) is 0 Å². The zero-order valence-corrected chi connectivity index (χ0v) is 12.5. The lowest BCUT2D eigenvalue weighted by Crippen LogP contribution is -2.11. The molecule has 0 saturated carbocycles. The normalized spacial score (nSPS) is 11.6. The molecule has 0 aliphatic rings. The van der Waals surface area contributed by atoms with Crippen LogP contribution in [0.1, 0.15) is 26.3 Å². The number of aromatic hydroxyl groups is 1. The van der Waals surface area contributed by atoms with E-state index in [0.29, 0.717) is 5.75 Å². The van der Waals surface area contributed by atoms with Crippen LogP contribution < -0.4 is 0 Å². The van der Waals surface area contributed by atoms with Gasteiger partial charge in [0.2, 0.25) is 0 Å². The van der Waals surface area contributed by atoms with Gasteiger partial charge in [0.1, 0.15) is 5.75 Å². The Hall–Kier alpha value is -1.28. The highest BCUT2D eigenvalue weighted by Crippen LogP contribution is 2.34. The summed E-state index contributed by atoms with van der Waals surface area (Å²) in [5.74, 6) is 0.364. The molecule has 18 heavy (non-hydrogen) atoms. The fourth-order valence-corrected chi connectivity index (χ4v) is 2.22. The molecule has 1 N–H and O–H groups in total. The van der Waals surface area contributed by atoms with Crippen LogP contribution in [0.15, 0.2) is 46.9 Å². The van der Waals surface area contributed by atoms with E-state index >= 15 is 0 Å². The molecule has 2 aromatic carbocycles. The summed E-state index contributed by atoms with van der Waals surface area (Å²) >= 11 is 3.44. The Balaban J connectivity index is 2.50. The Morgan fingerprint density at radius 1 is 0.889 bits per heavy atom. The van der Waals surface area contributed by atoms with E-state index in [0.717, 1.165) is 21.2 Å². The van der Waals surface area contributed by atoms with Crippen molar-refractivity contribution in [2.75, 3.05) is 0 Å². The molecule has 0 amide bonds. The third-order valence-electron chi connectivity index (χ3n) is 2.98. The van der Waals surface area contributed by atoms with Crippen LogP contribution in [0.5, 0.6) is 5.75 Å². The summed E-state index contributed by atoms with van der Waals surface area (Å²) in [5.41, 5.74) is 3.20. The van der Waals surface area contributed by atoms with Gasteiger partial charge in [0.05, 0.1) is 0 Å². The first-order chi connectivity index (χ1) is 8.38. The van der Waals surface area contributed by atoms with Gasteiger partial charge in [0, 0.05) is 4.47 Å². The van der Waals surface area contributed by atoms with Crippen molar-refractivity contribution in [3.63, 3.8) is 0 Å². The molecule has 0 aliphatic carbocycles. The molecule has 0 bridgehead atoms. The summed E-state index contributed by atoms with van der Waals surface area (Å²) in [6.45, 7) is 6.31. The van der Waals surface area contributed by atoms with Crippen LogP contribution in [-0.4, -0.2) is 5.11 Å². The van der Waals surface area contributed by atoms with E-state index in [1.807, 2.05) is 18.2 Å².